The molecule has 2 nitrogen and oxygen atoms in total. The summed E-state index contributed by atoms with van der Waals surface area (Å²) in [6, 6.07) is 8.65. The van der Waals surface area contributed by atoms with Crippen molar-refractivity contribution in [2.75, 3.05) is 12.8 Å². The number of fused-ring (bicyclic) bond motifs is 1. The van der Waals surface area contributed by atoms with Crippen LogP contribution in [0.15, 0.2) is 30.5 Å². The molecule has 0 aliphatic rings. The Morgan fingerprint density at radius 2 is 2.12 bits per heavy atom. The van der Waals surface area contributed by atoms with Crippen LogP contribution in [-0.4, -0.2) is 17.4 Å². The van der Waals surface area contributed by atoms with Crippen molar-refractivity contribution in [1.82, 2.24) is 9.29 Å². The summed E-state index contributed by atoms with van der Waals surface area (Å²) in [4.78, 5) is 0. The van der Waals surface area contributed by atoms with Crippen LogP contribution >= 0.6 is 11.9 Å². The molecule has 1 heterocycles. The summed E-state index contributed by atoms with van der Waals surface area (Å²) in [5.74, 6) is 0. The summed E-state index contributed by atoms with van der Waals surface area (Å²) in [5, 5.41) is 1.40. The Bertz CT molecular complexity index is 462. The molecule has 86 valence electrons. The van der Waals surface area contributed by atoms with Crippen molar-refractivity contribution in [2.24, 2.45) is 0 Å². The molecule has 0 saturated carbocycles. The van der Waals surface area contributed by atoms with Crippen molar-refractivity contribution < 1.29 is 0 Å². The van der Waals surface area contributed by atoms with Gasteiger partial charge in [-0.3, -0.25) is 4.72 Å². The molecule has 0 aliphatic carbocycles. The fraction of sp³-hybridized carbons (Fsp3) is 0.385. The van der Waals surface area contributed by atoms with Crippen LogP contribution in [0.1, 0.15) is 12.5 Å². The lowest BCUT2D eigenvalue weighted by Gasteiger charge is -2.04. The van der Waals surface area contributed by atoms with Crippen LogP contribution in [0.5, 0.6) is 0 Å². The molecule has 1 N–H and O–H groups in total. The van der Waals surface area contributed by atoms with E-state index in [1.807, 2.05) is 0 Å². The molecule has 1 aromatic carbocycles. The van der Waals surface area contributed by atoms with Crippen LogP contribution in [0, 0.1) is 0 Å². The van der Waals surface area contributed by atoms with Gasteiger partial charge in [0, 0.05) is 30.2 Å². The van der Waals surface area contributed by atoms with Gasteiger partial charge in [0.25, 0.3) is 0 Å². The summed E-state index contributed by atoms with van der Waals surface area (Å²) in [6.45, 7) is 4.25. The average molecular weight is 234 g/mol. The highest BCUT2D eigenvalue weighted by Gasteiger charge is 2.05. The lowest BCUT2D eigenvalue weighted by molar-refractivity contribution is 0.710. The second-order valence-corrected chi connectivity index (χ2v) is 4.51. The minimum Gasteiger partial charge on any atom is -0.346 e. The fourth-order valence-corrected chi connectivity index (χ4v) is 2.35. The van der Waals surface area contributed by atoms with Gasteiger partial charge in [0.15, 0.2) is 0 Å². The number of aromatic nitrogens is 1. The Balaban J connectivity index is 2.30. The molecule has 2 rings (SSSR count). The minimum atomic E-state index is 1.00. The van der Waals surface area contributed by atoms with E-state index < -0.39 is 0 Å². The monoisotopic (exact) mass is 234 g/mol. The number of rotatable bonds is 5. The SMILES string of the molecule is CCc1cn(CCNSC)c2ccccc12. The van der Waals surface area contributed by atoms with Gasteiger partial charge >= 0.3 is 0 Å². The highest BCUT2D eigenvalue weighted by molar-refractivity contribution is 7.96. The molecule has 3 heteroatoms. The molecular weight excluding hydrogens is 216 g/mol. The third-order valence-corrected chi connectivity index (χ3v) is 3.34. The molecule has 0 saturated heterocycles. The summed E-state index contributed by atoms with van der Waals surface area (Å²) in [6.07, 6.45) is 5.45. The van der Waals surface area contributed by atoms with E-state index in [1.165, 1.54) is 16.5 Å². The van der Waals surface area contributed by atoms with Gasteiger partial charge in [0.2, 0.25) is 0 Å². The highest BCUT2D eigenvalue weighted by Crippen LogP contribution is 2.21. The summed E-state index contributed by atoms with van der Waals surface area (Å²) >= 11 is 1.68. The van der Waals surface area contributed by atoms with E-state index in [0.29, 0.717) is 0 Å². The maximum atomic E-state index is 3.28. The third-order valence-electron chi connectivity index (χ3n) is 2.85. The summed E-state index contributed by atoms with van der Waals surface area (Å²) in [5.41, 5.74) is 2.79. The van der Waals surface area contributed by atoms with Crippen molar-refractivity contribution in [3.63, 3.8) is 0 Å². The molecule has 0 spiro atoms. The van der Waals surface area contributed by atoms with E-state index in [-0.39, 0.29) is 0 Å². The zero-order valence-electron chi connectivity index (χ0n) is 9.86. The number of nitrogens with one attached hydrogen (secondary N) is 1. The zero-order valence-corrected chi connectivity index (χ0v) is 10.7. The van der Waals surface area contributed by atoms with E-state index in [2.05, 4.69) is 52.9 Å². The van der Waals surface area contributed by atoms with Gasteiger partial charge in [-0.25, -0.2) is 0 Å². The molecule has 0 bridgehead atoms. The van der Waals surface area contributed by atoms with Crippen molar-refractivity contribution in [3.05, 3.63) is 36.0 Å². The number of benzene rings is 1. The molecule has 0 radical (unpaired) electrons. The quantitative estimate of drug-likeness (QED) is 0.632. The Morgan fingerprint density at radius 3 is 2.88 bits per heavy atom. The third kappa shape index (κ3) is 2.25. The van der Waals surface area contributed by atoms with Crippen molar-refractivity contribution in [2.45, 2.75) is 19.9 Å². The van der Waals surface area contributed by atoms with Crippen molar-refractivity contribution >= 4 is 22.9 Å². The Labute approximate surface area is 101 Å². The minimum absolute atomic E-state index is 1.00. The predicted octanol–water partition coefficient (Wildman–Crippen LogP) is 3.07. The van der Waals surface area contributed by atoms with Crippen LogP contribution in [0.3, 0.4) is 0 Å². The number of nitrogens with zero attached hydrogens (tertiary/aromatic N) is 1. The molecule has 0 aliphatic heterocycles. The molecule has 0 amide bonds. The van der Waals surface area contributed by atoms with E-state index >= 15 is 0 Å². The second-order valence-electron chi connectivity index (χ2n) is 3.82. The predicted molar refractivity (Wildman–Crippen MR) is 72.8 cm³/mol. The molecule has 16 heavy (non-hydrogen) atoms. The van der Waals surface area contributed by atoms with E-state index in [4.69, 9.17) is 0 Å². The molecule has 0 fully saturated rings. The molecule has 1 aromatic heterocycles. The largest absolute Gasteiger partial charge is 0.346 e. The average Bonchev–Trinajstić information content (AvgIpc) is 2.68. The molecule has 2 aromatic rings. The van der Waals surface area contributed by atoms with Gasteiger partial charge in [-0.15, -0.1) is 0 Å². The first-order valence-corrected chi connectivity index (χ1v) is 6.92. The Morgan fingerprint density at radius 1 is 1.31 bits per heavy atom. The van der Waals surface area contributed by atoms with Gasteiger partial charge in [0.05, 0.1) is 0 Å². The molecular formula is C13H18N2S. The Kier molecular flexibility index (Phi) is 3.91. The number of aryl methyl sites for hydroxylation is 1. The first kappa shape index (κ1) is 11.6. The van der Waals surface area contributed by atoms with Crippen LogP contribution in [0.2, 0.25) is 0 Å². The second kappa shape index (κ2) is 5.41. The Hall–Kier alpha value is -0.930. The maximum Gasteiger partial charge on any atom is 0.0483 e. The first-order chi connectivity index (χ1) is 7.86. The fourth-order valence-electron chi connectivity index (χ4n) is 2.06. The van der Waals surface area contributed by atoms with Gasteiger partial charge in [0.1, 0.15) is 0 Å². The molecule has 0 unspecified atom stereocenters. The number of hydrogen-bond acceptors (Lipinski definition) is 2. The van der Waals surface area contributed by atoms with Gasteiger partial charge in [-0.05, 0) is 24.3 Å². The van der Waals surface area contributed by atoms with E-state index in [0.717, 1.165) is 19.5 Å². The highest BCUT2D eigenvalue weighted by atomic mass is 32.2. The number of para-hydroxylation sites is 1. The van der Waals surface area contributed by atoms with Gasteiger partial charge in [-0.1, -0.05) is 37.1 Å². The molecule has 0 atom stereocenters. The van der Waals surface area contributed by atoms with Crippen LogP contribution in [-0.2, 0) is 13.0 Å². The van der Waals surface area contributed by atoms with Crippen LogP contribution in [0.25, 0.3) is 10.9 Å². The summed E-state index contributed by atoms with van der Waals surface area (Å²) in [7, 11) is 0. The first-order valence-electron chi connectivity index (χ1n) is 5.69. The zero-order chi connectivity index (χ0) is 11.4. The van der Waals surface area contributed by atoms with Gasteiger partial charge in [-0.2, -0.15) is 0 Å². The van der Waals surface area contributed by atoms with Gasteiger partial charge < -0.3 is 4.57 Å². The van der Waals surface area contributed by atoms with Crippen molar-refractivity contribution in [3.8, 4) is 0 Å². The van der Waals surface area contributed by atoms with Crippen molar-refractivity contribution in [1.29, 1.82) is 0 Å². The smallest absolute Gasteiger partial charge is 0.0483 e. The number of hydrogen-bond donors (Lipinski definition) is 1. The standard InChI is InChI=1S/C13H18N2S/c1-3-11-10-15(9-8-14-16-2)13-7-5-4-6-12(11)13/h4-7,10,14H,3,8-9H2,1-2H3. The van der Waals surface area contributed by atoms with Crippen LogP contribution in [0.4, 0.5) is 0 Å². The normalized spacial score (nSPS) is 11.1. The maximum absolute atomic E-state index is 3.28. The topological polar surface area (TPSA) is 17.0 Å². The van der Waals surface area contributed by atoms with E-state index in [9.17, 15) is 0 Å². The van der Waals surface area contributed by atoms with E-state index in [1.54, 1.807) is 11.9 Å². The summed E-state index contributed by atoms with van der Waals surface area (Å²) < 4.78 is 5.63. The lowest BCUT2D eigenvalue weighted by Crippen LogP contribution is -2.11. The lowest BCUT2D eigenvalue weighted by atomic mass is 10.1. The van der Waals surface area contributed by atoms with Crippen LogP contribution < -0.4 is 4.72 Å².